The van der Waals surface area contributed by atoms with Gasteiger partial charge in [-0.2, -0.15) is 0 Å². The van der Waals surface area contributed by atoms with Crippen LogP contribution in [0.4, 0.5) is 4.79 Å². The first kappa shape index (κ1) is 17.1. The number of carbonyl (C=O) groups is 1. The maximum absolute atomic E-state index is 12.0. The highest BCUT2D eigenvalue weighted by atomic mass is 16.5. The van der Waals surface area contributed by atoms with Gasteiger partial charge in [0.25, 0.3) is 0 Å². The summed E-state index contributed by atoms with van der Waals surface area (Å²) in [5, 5.41) is 13.7. The van der Waals surface area contributed by atoms with Gasteiger partial charge in [-0.25, -0.2) is 4.79 Å². The highest BCUT2D eigenvalue weighted by Gasteiger charge is 2.19. The molecule has 126 valence electrons. The van der Waals surface area contributed by atoms with Crippen molar-refractivity contribution in [2.45, 2.75) is 25.9 Å². The van der Waals surface area contributed by atoms with Gasteiger partial charge in [-0.1, -0.05) is 6.07 Å². The summed E-state index contributed by atoms with van der Waals surface area (Å²) in [6.07, 6.45) is 2.64. The van der Waals surface area contributed by atoms with Gasteiger partial charge in [0.1, 0.15) is 5.75 Å². The van der Waals surface area contributed by atoms with Gasteiger partial charge in [-0.3, -0.25) is 0 Å². The van der Waals surface area contributed by atoms with Gasteiger partial charge < -0.3 is 25.0 Å². The Bertz CT molecular complexity index is 673. The minimum atomic E-state index is -0.906. The zero-order chi connectivity index (χ0) is 17.0. The Morgan fingerprint density at radius 1 is 1.43 bits per heavy atom. The van der Waals surface area contributed by atoms with Gasteiger partial charge in [-0.05, 0) is 38.0 Å². The smallest absolute Gasteiger partial charge is 0.317 e. The molecule has 6 heteroatoms. The van der Waals surface area contributed by atoms with Crippen LogP contribution < -0.4 is 10.1 Å². The molecule has 0 spiro atoms. The molecular formula is C17H25N3O3. The highest BCUT2D eigenvalue weighted by Crippen LogP contribution is 2.28. The average Bonchev–Trinajstić information content (AvgIpc) is 2.88. The molecule has 0 aliphatic heterocycles. The molecule has 2 amide bonds. The van der Waals surface area contributed by atoms with Gasteiger partial charge in [0.05, 0.1) is 19.3 Å². The molecule has 0 saturated carbocycles. The third-order valence-corrected chi connectivity index (χ3v) is 3.61. The first-order valence-corrected chi connectivity index (χ1v) is 7.66. The lowest BCUT2D eigenvalue weighted by molar-refractivity contribution is 0.0532. The van der Waals surface area contributed by atoms with E-state index in [1.807, 2.05) is 24.4 Å². The average molecular weight is 319 g/mol. The number of H-pyrrole nitrogens is 1. The van der Waals surface area contributed by atoms with Crippen molar-refractivity contribution < 1.29 is 14.6 Å². The lowest BCUT2D eigenvalue weighted by Gasteiger charge is -2.25. The van der Waals surface area contributed by atoms with Crippen LogP contribution in [0, 0.1) is 0 Å². The first-order chi connectivity index (χ1) is 10.8. The Labute approximate surface area is 136 Å². The van der Waals surface area contributed by atoms with Crippen molar-refractivity contribution in [3.63, 3.8) is 0 Å². The zero-order valence-electron chi connectivity index (χ0n) is 14.1. The molecule has 6 nitrogen and oxygen atoms in total. The molecule has 1 heterocycles. The van der Waals surface area contributed by atoms with E-state index in [2.05, 4.69) is 10.3 Å². The third kappa shape index (κ3) is 4.39. The summed E-state index contributed by atoms with van der Waals surface area (Å²) in [5.74, 6) is 0.823. The second-order valence-corrected chi connectivity index (χ2v) is 6.35. The van der Waals surface area contributed by atoms with Gasteiger partial charge >= 0.3 is 6.03 Å². The van der Waals surface area contributed by atoms with Gasteiger partial charge in [-0.15, -0.1) is 0 Å². The topological polar surface area (TPSA) is 77.6 Å². The van der Waals surface area contributed by atoms with E-state index in [9.17, 15) is 9.90 Å². The van der Waals surface area contributed by atoms with E-state index < -0.39 is 5.60 Å². The number of rotatable bonds is 6. The van der Waals surface area contributed by atoms with E-state index in [1.165, 1.54) is 4.90 Å². The molecule has 3 N–H and O–H groups in total. The molecule has 0 bridgehead atoms. The van der Waals surface area contributed by atoms with Crippen LogP contribution in [0.1, 0.15) is 19.4 Å². The predicted molar refractivity (Wildman–Crippen MR) is 90.9 cm³/mol. The van der Waals surface area contributed by atoms with Crippen LogP contribution in [0.15, 0.2) is 24.4 Å². The Hall–Kier alpha value is -2.21. The number of fused-ring (bicyclic) bond motifs is 1. The van der Waals surface area contributed by atoms with E-state index in [1.54, 1.807) is 28.0 Å². The minimum Gasteiger partial charge on any atom is -0.496 e. The van der Waals surface area contributed by atoms with Crippen molar-refractivity contribution in [2.75, 3.05) is 27.2 Å². The number of aromatic nitrogens is 1. The zero-order valence-corrected chi connectivity index (χ0v) is 14.1. The largest absolute Gasteiger partial charge is 0.496 e. The highest BCUT2D eigenvalue weighted by molar-refractivity contribution is 5.89. The molecule has 0 aliphatic carbocycles. The number of urea groups is 1. The fraction of sp³-hybridized carbons (Fsp3) is 0.471. The maximum atomic E-state index is 12.0. The van der Waals surface area contributed by atoms with Crippen LogP contribution in [0.3, 0.4) is 0 Å². The van der Waals surface area contributed by atoms with Crippen LogP contribution in [0.5, 0.6) is 5.75 Å². The van der Waals surface area contributed by atoms with Crippen LogP contribution in [-0.4, -0.2) is 53.9 Å². The summed E-state index contributed by atoms with van der Waals surface area (Å²) in [7, 11) is 3.32. The number of benzene rings is 1. The number of nitrogens with one attached hydrogen (secondary N) is 2. The molecule has 0 unspecified atom stereocenters. The first-order valence-electron chi connectivity index (χ1n) is 7.66. The number of hydrogen-bond acceptors (Lipinski definition) is 3. The molecule has 2 rings (SSSR count). The lowest BCUT2D eigenvalue weighted by Crippen LogP contribution is -2.45. The maximum Gasteiger partial charge on any atom is 0.317 e. The predicted octanol–water partition coefficient (Wildman–Crippen LogP) is 2.13. The molecule has 23 heavy (non-hydrogen) atoms. The monoisotopic (exact) mass is 319 g/mol. The fourth-order valence-electron chi connectivity index (χ4n) is 2.68. The summed E-state index contributed by atoms with van der Waals surface area (Å²) >= 11 is 0. The molecule has 2 aromatic rings. The molecule has 1 aromatic carbocycles. The number of methoxy groups -OCH3 is 1. The van der Waals surface area contributed by atoms with E-state index in [0.717, 1.165) is 22.2 Å². The van der Waals surface area contributed by atoms with Crippen molar-refractivity contribution >= 4 is 16.9 Å². The van der Waals surface area contributed by atoms with Crippen LogP contribution in [-0.2, 0) is 6.42 Å². The number of ether oxygens (including phenoxy) is 1. The van der Waals surface area contributed by atoms with Crippen molar-refractivity contribution in [2.24, 2.45) is 0 Å². The molecule has 1 aromatic heterocycles. The molecule has 0 radical (unpaired) electrons. The summed E-state index contributed by atoms with van der Waals surface area (Å²) in [4.78, 5) is 16.7. The quantitative estimate of drug-likeness (QED) is 0.763. The fourth-order valence-corrected chi connectivity index (χ4v) is 2.68. The third-order valence-electron chi connectivity index (χ3n) is 3.61. The van der Waals surface area contributed by atoms with Gasteiger partial charge in [0.15, 0.2) is 0 Å². The van der Waals surface area contributed by atoms with E-state index >= 15 is 0 Å². The Kier molecular flexibility index (Phi) is 5.15. The van der Waals surface area contributed by atoms with Crippen molar-refractivity contribution in [3.8, 4) is 5.75 Å². The number of amides is 2. The van der Waals surface area contributed by atoms with E-state index in [4.69, 9.17) is 4.74 Å². The summed E-state index contributed by atoms with van der Waals surface area (Å²) in [6, 6.07) is 5.67. The van der Waals surface area contributed by atoms with Crippen molar-refractivity contribution in [3.05, 3.63) is 30.0 Å². The van der Waals surface area contributed by atoms with Crippen LogP contribution in [0.2, 0.25) is 0 Å². The Morgan fingerprint density at radius 2 is 2.17 bits per heavy atom. The number of aliphatic hydroxyl groups is 1. The SMILES string of the molecule is COc1cccc2[nH]cc(CCNC(=O)N(C)CC(C)(C)O)c12. The standard InChI is InChI=1S/C17H25N3O3/c1-17(2,22)11-20(3)16(21)18-9-8-12-10-19-13-6-5-7-14(23-4)15(12)13/h5-7,10,19,22H,8-9,11H2,1-4H3,(H,18,21). The van der Waals surface area contributed by atoms with Crippen LogP contribution >= 0.6 is 0 Å². The molecule has 0 atom stereocenters. The number of carbonyl (C=O) groups excluding carboxylic acids is 1. The van der Waals surface area contributed by atoms with Gasteiger partial charge in [0, 0.05) is 30.7 Å². The molecule has 0 fully saturated rings. The summed E-state index contributed by atoms with van der Waals surface area (Å²) in [5.41, 5.74) is 1.21. The minimum absolute atomic E-state index is 0.195. The van der Waals surface area contributed by atoms with E-state index in [-0.39, 0.29) is 12.6 Å². The number of hydrogen-bond donors (Lipinski definition) is 3. The second-order valence-electron chi connectivity index (χ2n) is 6.35. The number of nitrogens with zero attached hydrogens (tertiary/aromatic N) is 1. The number of likely N-dealkylation sites (N-methyl/N-ethyl adjacent to an activating group) is 1. The van der Waals surface area contributed by atoms with E-state index in [0.29, 0.717) is 13.0 Å². The Balaban J connectivity index is 1.96. The number of aromatic amines is 1. The van der Waals surface area contributed by atoms with Crippen LogP contribution in [0.25, 0.3) is 10.9 Å². The summed E-state index contributed by atoms with van der Waals surface area (Å²) in [6.45, 7) is 4.14. The lowest BCUT2D eigenvalue weighted by atomic mass is 10.1. The second kappa shape index (κ2) is 6.91. The van der Waals surface area contributed by atoms with Gasteiger partial charge in [0.2, 0.25) is 0 Å². The normalized spacial score (nSPS) is 11.5. The Morgan fingerprint density at radius 3 is 2.83 bits per heavy atom. The van der Waals surface area contributed by atoms with Crippen molar-refractivity contribution in [1.82, 2.24) is 15.2 Å². The molecular weight excluding hydrogens is 294 g/mol. The summed E-state index contributed by atoms with van der Waals surface area (Å²) < 4.78 is 5.40. The molecule has 0 aliphatic rings. The van der Waals surface area contributed by atoms with Crippen molar-refractivity contribution in [1.29, 1.82) is 0 Å². The molecule has 0 saturated heterocycles.